The van der Waals surface area contributed by atoms with Gasteiger partial charge in [0.2, 0.25) is 0 Å². The first-order valence-corrected chi connectivity index (χ1v) is 20.2. The smallest absolute Gasteiger partial charge is 0.149 e. The second-order valence-corrected chi connectivity index (χ2v) is 14.8. The van der Waals surface area contributed by atoms with Gasteiger partial charge in [-0.15, -0.1) is 0 Å². The predicted octanol–water partition coefficient (Wildman–Crippen LogP) is 3.12. The van der Waals surface area contributed by atoms with Gasteiger partial charge < -0.3 is 31.4 Å². The maximum atomic E-state index is 11.8. The van der Waals surface area contributed by atoms with Crippen LogP contribution in [0.2, 0.25) is 0 Å². The van der Waals surface area contributed by atoms with E-state index >= 15 is 0 Å². The number of carbonyl (C=O) groups excluding carboxylic acids is 3. The van der Waals surface area contributed by atoms with Gasteiger partial charge in [-0.25, -0.2) is 0 Å². The zero-order valence-corrected chi connectivity index (χ0v) is 33.5. The lowest BCUT2D eigenvalue weighted by molar-refractivity contribution is -0.122. The van der Waals surface area contributed by atoms with Crippen molar-refractivity contribution in [2.75, 3.05) is 98.5 Å². The Balaban J connectivity index is 0.000000382. The molecule has 3 heterocycles. The molecule has 0 aromatic heterocycles. The van der Waals surface area contributed by atoms with Crippen LogP contribution in [-0.2, 0) is 28.6 Å². The molecule has 0 bridgehead atoms. The van der Waals surface area contributed by atoms with E-state index in [0.717, 1.165) is 137 Å². The molecule has 51 heavy (non-hydrogen) atoms. The highest BCUT2D eigenvalue weighted by atomic mass is 16.5. The first kappa shape index (κ1) is 47.7. The van der Waals surface area contributed by atoms with Gasteiger partial charge in [0.15, 0.2) is 0 Å². The fourth-order valence-corrected chi connectivity index (χ4v) is 6.12. The zero-order valence-electron chi connectivity index (χ0n) is 33.5. The molecular formula is C39H78N6O6. The summed E-state index contributed by atoms with van der Waals surface area (Å²) in [6, 6.07) is -0.820. The number of ether oxygens (including phenoxy) is 3. The van der Waals surface area contributed by atoms with Crippen molar-refractivity contribution in [3.8, 4) is 0 Å². The summed E-state index contributed by atoms with van der Waals surface area (Å²) in [5.74, 6) is 1.54. The van der Waals surface area contributed by atoms with Crippen molar-refractivity contribution in [3.05, 3.63) is 0 Å². The Bertz CT molecular complexity index is 796. The molecule has 300 valence electrons. The van der Waals surface area contributed by atoms with Crippen LogP contribution in [-0.4, -0.2) is 149 Å². The first-order valence-electron chi connectivity index (χ1n) is 20.2. The Kier molecular flexibility index (Phi) is 27.2. The van der Waals surface area contributed by atoms with Gasteiger partial charge in [-0.3, -0.25) is 29.1 Å². The highest BCUT2D eigenvalue weighted by Crippen LogP contribution is 2.12. The molecule has 3 aliphatic rings. The Hall–Kier alpha value is -1.35. The molecule has 0 amide bonds. The lowest BCUT2D eigenvalue weighted by Gasteiger charge is -2.26. The van der Waals surface area contributed by atoms with E-state index < -0.39 is 0 Å². The number of carbonyl (C=O) groups is 3. The van der Waals surface area contributed by atoms with Gasteiger partial charge in [-0.2, -0.15) is 0 Å². The van der Waals surface area contributed by atoms with E-state index in [-0.39, 0.29) is 35.5 Å². The summed E-state index contributed by atoms with van der Waals surface area (Å²) < 4.78 is 15.8. The molecule has 12 nitrogen and oxygen atoms in total. The van der Waals surface area contributed by atoms with E-state index in [0.29, 0.717) is 37.0 Å². The summed E-state index contributed by atoms with van der Waals surface area (Å²) in [6.45, 7) is 26.2. The molecule has 3 aliphatic heterocycles. The molecule has 0 radical (unpaired) electrons. The third-order valence-electron chi connectivity index (χ3n) is 10.9. The number of morpholine rings is 3. The summed E-state index contributed by atoms with van der Waals surface area (Å²) in [6.07, 6.45) is 7.51. The maximum absolute atomic E-state index is 11.8. The van der Waals surface area contributed by atoms with Crippen molar-refractivity contribution in [2.45, 2.75) is 117 Å². The van der Waals surface area contributed by atoms with E-state index in [2.05, 4.69) is 35.5 Å². The third kappa shape index (κ3) is 21.2. The van der Waals surface area contributed by atoms with Gasteiger partial charge in [0.05, 0.1) is 57.8 Å². The van der Waals surface area contributed by atoms with Crippen LogP contribution < -0.4 is 17.2 Å². The lowest BCUT2D eigenvalue weighted by atomic mass is 9.94. The molecule has 0 saturated carbocycles. The summed E-state index contributed by atoms with van der Waals surface area (Å²) in [7, 11) is 0. The predicted molar refractivity (Wildman–Crippen MR) is 207 cm³/mol. The molecular weight excluding hydrogens is 648 g/mol. The van der Waals surface area contributed by atoms with Gasteiger partial charge in [-0.1, -0.05) is 60.8 Å². The third-order valence-corrected chi connectivity index (χ3v) is 10.9. The van der Waals surface area contributed by atoms with Crippen LogP contribution in [0.3, 0.4) is 0 Å². The topological polar surface area (TPSA) is 167 Å². The van der Waals surface area contributed by atoms with Gasteiger partial charge in [0.25, 0.3) is 0 Å². The average molecular weight is 727 g/mol. The quantitative estimate of drug-likeness (QED) is 0.159. The number of Topliss-reactive ketones (excluding diaryl/α,β-unsaturated/α-hetero) is 3. The van der Waals surface area contributed by atoms with Crippen LogP contribution in [0.4, 0.5) is 0 Å². The molecule has 0 spiro atoms. The van der Waals surface area contributed by atoms with Gasteiger partial charge >= 0.3 is 0 Å². The van der Waals surface area contributed by atoms with Crippen LogP contribution in [0.1, 0.15) is 99.3 Å². The number of ketones is 3. The average Bonchev–Trinajstić information content (AvgIpc) is 3.17. The molecule has 3 rings (SSSR count). The van der Waals surface area contributed by atoms with Crippen molar-refractivity contribution < 1.29 is 28.6 Å². The standard InChI is InChI=1S/3C13H26N2O2/c3*1-3-11(2)13(14)12(16)5-4-6-15-7-9-17-10-8-15/h3*11,13H,3-10,14H2,1-2H3/t3*11-,13-/m000/s1. The van der Waals surface area contributed by atoms with Crippen LogP contribution in [0.15, 0.2) is 0 Å². The molecule has 6 N–H and O–H groups in total. The molecule has 6 atom stereocenters. The van der Waals surface area contributed by atoms with E-state index in [1.165, 1.54) is 0 Å². The SMILES string of the molecule is CC[C@H](C)[C@H](N)C(=O)CCCN1CCOCC1.CC[C@H](C)[C@H](N)C(=O)CCCN1CCOCC1.CC[C@H](C)[C@H](N)C(=O)CCCN1CCOCC1. The minimum Gasteiger partial charge on any atom is -0.379 e. The molecule has 0 aromatic rings. The largest absolute Gasteiger partial charge is 0.379 e. The second kappa shape index (κ2) is 29.1. The summed E-state index contributed by atoms with van der Waals surface area (Å²) in [4.78, 5) is 42.5. The zero-order chi connectivity index (χ0) is 38.0. The number of nitrogens with zero attached hydrogens (tertiary/aromatic N) is 3. The highest BCUT2D eigenvalue weighted by Gasteiger charge is 2.21. The van der Waals surface area contributed by atoms with Crippen molar-refractivity contribution >= 4 is 17.3 Å². The summed E-state index contributed by atoms with van der Waals surface area (Å²) in [5, 5.41) is 0. The molecule has 12 heteroatoms. The molecule has 0 aliphatic carbocycles. The summed E-state index contributed by atoms with van der Waals surface area (Å²) in [5.41, 5.74) is 17.7. The number of hydrogen-bond donors (Lipinski definition) is 3. The Morgan fingerprint density at radius 3 is 0.882 bits per heavy atom. The van der Waals surface area contributed by atoms with Gasteiger partial charge in [-0.05, 0) is 56.7 Å². The van der Waals surface area contributed by atoms with Crippen LogP contribution in [0.5, 0.6) is 0 Å². The first-order chi connectivity index (χ1) is 24.4. The van der Waals surface area contributed by atoms with E-state index in [1.807, 2.05) is 20.8 Å². The van der Waals surface area contributed by atoms with E-state index in [9.17, 15) is 14.4 Å². The Morgan fingerprint density at radius 1 is 0.471 bits per heavy atom. The van der Waals surface area contributed by atoms with Gasteiger partial charge in [0.1, 0.15) is 17.3 Å². The van der Waals surface area contributed by atoms with Crippen LogP contribution >= 0.6 is 0 Å². The minimum absolute atomic E-state index is 0.215. The Morgan fingerprint density at radius 2 is 0.686 bits per heavy atom. The van der Waals surface area contributed by atoms with Crippen molar-refractivity contribution in [1.29, 1.82) is 0 Å². The fraction of sp³-hybridized carbons (Fsp3) is 0.923. The number of nitrogens with two attached hydrogens (primary N) is 3. The molecule has 3 fully saturated rings. The van der Waals surface area contributed by atoms with Crippen LogP contribution in [0.25, 0.3) is 0 Å². The normalized spacial score (nSPS) is 21.1. The van der Waals surface area contributed by atoms with Crippen molar-refractivity contribution in [3.63, 3.8) is 0 Å². The molecule has 0 aromatic carbocycles. The summed E-state index contributed by atoms with van der Waals surface area (Å²) >= 11 is 0. The Labute approximate surface area is 311 Å². The van der Waals surface area contributed by atoms with Crippen molar-refractivity contribution in [1.82, 2.24) is 14.7 Å². The lowest BCUT2D eigenvalue weighted by Crippen LogP contribution is -2.39. The van der Waals surface area contributed by atoms with Gasteiger partial charge in [0, 0.05) is 58.5 Å². The van der Waals surface area contributed by atoms with E-state index in [4.69, 9.17) is 31.4 Å². The highest BCUT2D eigenvalue weighted by molar-refractivity contribution is 5.84. The minimum atomic E-state index is -0.273. The van der Waals surface area contributed by atoms with Crippen LogP contribution in [0, 0.1) is 17.8 Å². The monoisotopic (exact) mass is 727 g/mol. The maximum Gasteiger partial charge on any atom is 0.149 e. The number of hydrogen-bond acceptors (Lipinski definition) is 12. The van der Waals surface area contributed by atoms with Crippen molar-refractivity contribution in [2.24, 2.45) is 35.0 Å². The second-order valence-electron chi connectivity index (χ2n) is 14.8. The molecule has 0 unspecified atom stereocenters. The number of rotatable bonds is 21. The van der Waals surface area contributed by atoms with E-state index in [1.54, 1.807) is 0 Å². The molecule has 3 saturated heterocycles. The fourth-order valence-electron chi connectivity index (χ4n) is 6.12.